The highest BCUT2D eigenvalue weighted by molar-refractivity contribution is 7.92. The van der Waals surface area contributed by atoms with E-state index in [9.17, 15) is 40.7 Å². The Morgan fingerprint density at radius 3 is 2.40 bits per heavy atom. The number of hydrogen-bond donors (Lipinski definition) is 2. The molecule has 0 radical (unpaired) electrons. The molecule has 2 N–H and O–H groups in total. The Morgan fingerprint density at radius 2 is 1.74 bits per heavy atom. The Bertz CT molecular complexity index is 3250. The van der Waals surface area contributed by atoms with Gasteiger partial charge < -0.3 is 15.2 Å². The van der Waals surface area contributed by atoms with Gasteiger partial charge in [0.25, 0.3) is 17.9 Å². The summed E-state index contributed by atoms with van der Waals surface area (Å²) in [6.45, 7) is -1.23. The third kappa shape index (κ3) is 7.68. The van der Waals surface area contributed by atoms with Crippen LogP contribution in [0.2, 0.25) is 5.02 Å². The van der Waals surface area contributed by atoms with Gasteiger partial charge in [0.15, 0.2) is 5.82 Å². The number of rotatable bonds is 13. The van der Waals surface area contributed by atoms with Crippen molar-refractivity contribution >= 4 is 55.2 Å². The third-order valence-corrected chi connectivity index (χ3v) is 13.0. The number of phenolic OH excluding ortho intramolecular Hbond substituents is 1. The van der Waals surface area contributed by atoms with Crippen molar-refractivity contribution in [3.63, 3.8) is 0 Å². The predicted molar refractivity (Wildman–Crippen MR) is 225 cm³/mol. The summed E-state index contributed by atoms with van der Waals surface area (Å²) in [4.78, 5) is 33.7. The maximum absolute atomic E-state index is 15.5. The second-order valence-electron chi connectivity index (χ2n) is 15.9. The molecule has 3 aromatic heterocycles. The number of carbonyl (C=O) groups is 1. The molecule has 0 aliphatic heterocycles. The Labute approximate surface area is 369 Å². The topological polar surface area (TPSA) is 166 Å². The number of alkyl halides is 4. The van der Waals surface area contributed by atoms with Crippen LogP contribution in [0.4, 0.5) is 32.2 Å². The lowest BCUT2D eigenvalue weighted by Gasteiger charge is -2.24. The van der Waals surface area contributed by atoms with Gasteiger partial charge in [-0.05, 0) is 72.0 Å². The molecule has 1 fully saturated rings. The van der Waals surface area contributed by atoms with Crippen molar-refractivity contribution in [2.75, 3.05) is 17.7 Å². The molecule has 14 nitrogen and oxygen atoms in total. The lowest BCUT2D eigenvalue weighted by atomic mass is 10.0. The number of anilines is 1. The summed E-state index contributed by atoms with van der Waals surface area (Å²) in [5, 5.41) is 21.4. The monoisotopic (exact) mass is 940 g/mol. The summed E-state index contributed by atoms with van der Waals surface area (Å²) >= 11 is 6.84. The molecule has 1 saturated carbocycles. The van der Waals surface area contributed by atoms with Gasteiger partial charge in [-0.3, -0.25) is 23.5 Å². The van der Waals surface area contributed by atoms with Crippen LogP contribution in [0.15, 0.2) is 77.6 Å². The number of nitrogens with one attached hydrogen (secondary N) is 1. The first-order valence-electron chi connectivity index (χ1n) is 19.8. The van der Waals surface area contributed by atoms with Crippen molar-refractivity contribution in [3.8, 4) is 17.2 Å². The number of amides is 1. The third-order valence-electron chi connectivity index (χ3n) is 11.6. The quantitative estimate of drug-likeness (QED) is 0.113. The molecular weight excluding hydrogens is 906 g/mol. The highest BCUT2D eigenvalue weighted by Gasteiger charge is 2.67. The molecule has 2 aliphatic carbocycles. The Morgan fingerprint density at radius 1 is 1.03 bits per heavy atom. The average Bonchev–Trinajstić information content (AvgIpc) is 3.76. The van der Waals surface area contributed by atoms with Crippen molar-refractivity contribution in [3.05, 3.63) is 134 Å². The molecule has 4 aromatic carbocycles. The molecule has 7 aromatic rings. The number of nitrogens with zero attached hydrogens (tertiary/aromatic N) is 7. The van der Waals surface area contributed by atoms with Crippen molar-refractivity contribution in [1.82, 2.24) is 34.4 Å². The fraction of sp³-hybridized carbons (Fsp3) is 0.279. The summed E-state index contributed by atoms with van der Waals surface area (Å²) in [6.07, 6.45) is -2.77. The standard InChI is InChI=1S/C43H35ClF6N8O6S/c1-55-37-32(11-10-29(44)35(37)41(54-55)57(65(3,62)63)18-20-4-7-25(64-2)8-5-20)58-40(52-30-16-24(59)6-9-26(30)42(58)61)31(14-21-12-22(45)15-23(46)13-21)51-33(60)19-56-38-34(36(53-56)39(47)48)27-17-28(27)43(38,49)50/h4-13,15-16,27-28,31,39,59H,14,17-19H2,1-3H3,(H,51,60)/t27-,28?,31-/m0/s1. The van der Waals surface area contributed by atoms with E-state index in [4.69, 9.17) is 16.3 Å². The van der Waals surface area contributed by atoms with Crippen LogP contribution in [0.3, 0.4) is 0 Å². The number of phenols is 1. The number of ether oxygens (including phenoxy) is 1. The van der Waals surface area contributed by atoms with Gasteiger partial charge in [0.2, 0.25) is 15.9 Å². The maximum atomic E-state index is 15.5. The van der Waals surface area contributed by atoms with Crippen molar-refractivity contribution in [1.29, 1.82) is 0 Å². The largest absolute Gasteiger partial charge is 0.508 e. The van der Waals surface area contributed by atoms with E-state index in [-0.39, 0.29) is 74.0 Å². The SMILES string of the molecule is COc1ccc(CN(c2nn(C)c3c(-n4c([C@H](Cc5cc(F)cc(F)c5)NC(=O)Cn5nc(C(F)F)c6c5C(F)(F)C5C[C@H]65)nc5cc(O)ccc5c4=O)ccc(Cl)c23)S(C)(=O)=O)cc1. The number of fused-ring (bicyclic) bond motifs is 5. The summed E-state index contributed by atoms with van der Waals surface area (Å²) in [7, 11) is -1.17. The van der Waals surface area contributed by atoms with Gasteiger partial charge in [0.1, 0.15) is 46.9 Å². The van der Waals surface area contributed by atoms with Gasteiger partial charge in [0, 0.05) is 37.1 Å². The van der Waals surface area contributed by atoms with Crippen LogP contribution >= 0.6 is 11.6 Å². The van der Waals surface area contributed by atoms with Crippen LogP contribution in [0, 0.1) is 17.6 Å². The van der Waals surface area contributed by atoms with Gasteiger partial charge >= 0.3 is 0 Å². The van der Waals surface area contributed by atoms with Crippen LogP contribution < -0.4 is 19.9 Å². The summed E-state index contributed by atoms with van der Waals surface area (Å²) in [6, 6.07) is 14.0. The van der Waals surface area contributed by atoms with Crippen molar-refractivity contribution in [2.45, 2.75) is 50.2 Å². The molecule has 2 aliphatic rings. The molecule has 22 heteroatoms. The van der Waals surface area contributed by atoms with E-state index in [1.54, 1.807) is 24.3 Å². The van der Waals surface area contributed by atoms with E-state index in [0.717, 1.165) is 33.3 Å². The molecule has 0 spiro atoms. The average molecular weight is 941 g/mol. The molecule has 0 bridgehead atoms. The van der Waals surface area contributed by atoms with E-state index in [1.165, 1.54) is 43.1 Å². The van der Waals surface area contributed by atoms with Gasteiger partial charge in [-0.25, -0.2) is 35.3 Å². The zero-order valence-electron chi connectivity index (χ0n) is 34.2. The van der Waals surface area contributed by atoms with Crippen molar-refractivity contribution in [2.24, 2.45) is 13.0 Å². The molecule has 338 valence electrons. The van der Waals surface area contributed by atoms with Crippen molar-refractivity contribution < 1.29 is 49.4 Å². The number of aryl methyl sites for hydroxylation is 1. The predicted octanol–water partition coefficient (Wildman–Crippen LogP) is 7.33. The van der Waals surface area contributed by atoms with E-state index in [2.05, 4.69) is 20.5 Å². The molecule has 0 saturated heterocycles. The van der Waals surface area contributed by atoms with Gasteiger partial charge in [0.05, 0.1) is 58.5 Å². The summed E-state index contributed by atoms with van der Waals surface area (Å²) < 4.78 is 125. The fourth-order valence-electron chi connectivity index (χ4n) is 8.72. The first kappa shape index (κ1) is 43.6. The van der Waals surface area contributed by atoms with Crippen LogP contribution in [0.5, 0.6) is 11.5 Å². The molecule has 3 heterocycles. The normalized spacial score (nSPS) is 16.8. The first-order chi connectivity index (χ1) is 30.7. The molecule has 1 unspecified atom stereocenters. The number of halogens is 7. The van der Waals surface area contributed by atoms with Crippen LogP contribution in [-0.4, -0.2) is 61.9 Å². The van der Waals surface area contributed by atoms with Crippen LogP contribution in [0.25, 0.3) is 27.5 Å². The van der Waals surface area contributed by atoms with Crippen LogP contribution in [0.1, 0.15) is 58.7 Å². The molecular formula is C43H35ClF6N8O6S. The molecule has 1 amide bonds. The van der Waals surface area contributed by atoms with E-state index < -0.39 is 87.7 Å². The van der Waals surface area contributed by atoms with E-state index in [0.29, 0.717) is 22.1 Å². The zero-order valence-corrected chi connectivity index (χ0v) is 35.8. The second kappa shape index (κ2) is 15.8. The molecule has 9 rings (SSSR count). The minimum absolute atomic E-state index is 0.00736. The Balaban J connectivity index is 1.22. The number of methoxy groups -OCH3 is 1. The lowest BCUT2D eigenvalue weighted by molar-refractivity contribution is -0.123. The van der Waals surface area contributed by atoms with Gasteiger partial charge in [-0.1, -0.05) is 23.7 Å². The van der Waals surface area contributed by atoms with E-state index in [1.807, 2.05) is 0 Å². The first-order valence-corrected chi connectivity index (χ1v) is 22.0. The van der Waals surface area contributed by atoms with Crippen LogP contribution in [-0.2, 0) is 47.3 Å². The number of carbonyl (C=O) groups excluding carboxylic acids is 1. The Kier molecular flexibility index (Phi) is 10.6. The highest BCUT2D eigenvalue weighted by atomic mass is 35.5. The minimum atomic E-state index is -4.10. The highest BCUT2D eigenvalue weighted by Crippen LogP contribution is 2.68. The molecule has 3 atom stereocenters. The minimum Gasteiger partial charge on any atom is -0.508 e. The number of benzene rings is 4. The van der Waals surface area contributed by atoms with E-state index >= 15 is 8.78 Å². The number of aromatic hydroxyl groups is 1. The maximum Gasteiger partial charge on any atom is 0.293 e. The number of sulfonamides is 1. The lowest BCUT2D eigenvalue weighted by Crippen LogP contribution is -2.38. The fourth-order valence-corrected chi connectivity index (χ4v) is 9.78. The Hall–Kier alpha value is -6.61. The number of hydrogen-bond acceptors (Lipinski definition) is 9. The van der Waals surface area contributed by atoms with Gasteiger partial charge in [-0.2, -0.15) is 19.0 Å². The summed E-state index contributed by atoms with van der Waals surface area (Å²) in [5.74, 6) is -8.98. The van der Waals surface area contributed by atoms with Gasteiger partial charge in [-0.15, -0.1) is 0 Å². The second-order valence-corrected chi connectivity index (χ2v) is 18.3. The smallest absolute Gasteiger partial charge is 0.293 e. The zero-order chi connectivity index (χ0) is 46.4. The molecule has 65 heavy (non-hydrogen) atoms. The summed E-state index contributed by atoms with van der Waals surface area (Å²) in [5.41, 5.74) is -2.37. The number of aromatic nitrogens is 6.